The lowest BCUT2D eigenvalue weighted by atomic mass is 9.79. The van der Waals surface area contributed by atoms with E-state index in [2.05, 4.69) is 10.3 Å². The molecule has 1 spiro atoms. The lowest BCUT2D eigenvalue weighted by molar-refractivity contribution is 0.0122. The number of ether oxygens (including phenoxy) is 1. The third-order valence-corrected chi connectivity index (χ3v) is 7.07. The standard InChI is InChI=1S/C22H27N3O4/c1-20(2,3)29-19(27)25-8-5-21(6-9-25)17-11-22(17,21)13-24-18(26)15-10-14-4-7-23-12-16(14)28-15/h4,7,10,12,17H,5-6,8-9,11,13H2,1-3H3,(H,24,26). The van der Waals surface area contributed by atoms with Crippen LogP contribution in [0.5, 0.6) is 0 Å². The molecule has 2 atom stereocenters. The second kappa shape index (κ2) is 5.97. The highest BCUT2D eigenvalue weighted by molar-refractivity contribution is 5.96. The molecular weight excluding hydrogens is 370 g/mol. The summed E-state index contributed by atoms with van der Waals surface area (Å²) in [6.45, 7) is 7.82. The number of fused-ring (bicyclic) bond motifs is 4. The van der Waals surface area contributed by atoms with Gasteiger partial charge in [0.15, 0.2) is 11.3 Å². The fourth-order valence-electron chi connectivity index (χ4n) is 5.37. The third kappa shape index (κ3) is 2.90. The molecule has 2 amide bonds. The minimum atomic E-state index is -0.466. The molecule has 29 heavy (non-hydrogen) atoms. The van der Waals surface area contributed by atoms with E-state index in [0.29, 0.717) is 23.8 Å². The summed E-state index contributed by atoms with van der Waals surface area (Å²) in [7, 11) is 0. The van der Waals surface area contributed by atoms with Gasteiger partial charge in [-0.1, -0.05) is 0 Å². The first kappa shape index (κ1) is 18.5. The molecule has 0 bridgehead atoms. The van der Waals surface area contributed by atoms with Gasteiger partial charge in [-0.2, -0.15) is 0 Å². The van der Waals surface area contributed by atoms with Gasteiger partial charge in [-0.3, -0.25) is 9.78 Å². The predicted octanol–water partition coefficient (Wildman–Crippen LogP) is 3.59. The van der Waals surface area contributed by atoms with Gasteiger partial charge >= 0.3 is 6.09 Å². The van der Waals surface area contributed by atoms with Crippen molar-refractivity contribution in [1.82, 2.24) is 15.2 Å². The lowest BCUT2D eigenvalue weighted by Crippen LogP contribution is -2.45. The summed E-state index contributed by atoms with van der Waals surface area (Å²) < 4.78 is 11.1. The second-order valence-corrected chi connectivity index (χ2v) is 9.74. The van der Waals surface area contributed by atoms with Crippen LogP contribution in [0.1, 0.15) is 50.6 Å². The van der Waals surface area contributed by atoms with Crippen molar-refractivity contribution in [2.75, 3.05) is 19.6 Å². The molecule has 3 fully saturated rings. The molecule has 0 radical (unpaired) electrons. The van der Waals surface area contributed by atoms with Gasteiger partial charge in [0.05, 0.1) is 6.20 Å². The number of rotatable bonds is 3. The van der Waals surface area contributed by atoms with E-state index < -0.39 is 5.60 Å². The van der Waals surface area contributed by atoms with Crippen LogP contribution in [0.3, 0.4) is 0 Å². The topological polar surface area (TPSA) is 84.7 Å². The van der Waals surface area contributed by atoms with Crippen LogP contribution in [-0.4, -0.2) is 47.1 Å². The SMILES string of the molecule is CC(C)(C)OC(=O)N1CCC2(CC1)C1CC12CNC(=O)c1cc2ccncc2o1. The Labute approximate surface area is 169 Å². The average Bonchev–Trinajstić information content (AvgIpc) is 3.46. The van der Waals surface area contributed by atoms with E-state index in [1.807, 2.05) is 31.7 Å². The zero-order valence-corrected chi connectivity index (χ0v) is 17.2. The molecular formula is C22H27N3O4. The molecule has 1 N–H and O–H groups in total. The van der Waals surface area contributed by atoms with Gasteiger partial charge in [0.25, 0.3) is 5.91 Å². The summed E-state index contributed by atoms with van der Waals surface area (Å²) in [5.74, 6) is 0.835. The van der Waals surface area contributed by atoms with Crippen molar-refractivity contribution in [2.24, 2.45) is 16.7 Å². The van der Waals surface area contributed by atoms with Crippen LogP contribution in [0.25, 0.3) is 11.0 Å². The molecule has 0 aromatic carbocycles. The maximum absolute atomic E-state index is 12.6. The zero-order valence-electron chi connectivity index (χ0n) is 17.2. The van der Waals surface area contributed by atoms with Gasteiger partial charge < -0.3 is 19.4 Å². The number of carbonyl (C=O) groups is 2. The highest BCUT2D eigenvalue weighted by atomic mass is 16.6. The fraction of sp³-hybridized carbons (Fsp3) is 0.591. The quantitative estimate of drug-likeness (QED) is 0.855. The molecule has 1 aliphatic heterocycles. The van der Waals surface area contributed by atoms with E-state index in [4.69, 9.17) is 9.15 Å². The number of amides is 2. The number of nitrogens with zero attached hydrogens (tertiary/aromatic N) is 2. The molecule has 2 saturated carbocycles. The number of furan rings is 1. The van der Waals surface area contributed by atoms with Crippen LogP contribution < -0.4 is 5.32 Å². The van der Waals surface area contributed by atoms with Gasteiger partial charge in [0.1, 0.15) is 5.60 Å². The highest BCUT2D eigenvalue weighted by Crippen LogP contribution is 2.90. The molecule has 2 aliphatic carbocycles. The first-order valence-corrected chi connectivity index (χ1v) is 10.3. The Kier molecular flexibility index (Phi) is 3.80. The van der Waals surface area contributed by atoms with Crippen LogP contribution in [0.15, 0.2) is 28.9 Å². The average molecular weight is 397 g/mol. The van der Waals surface area contributed by atoms with Crippen molar-refractivity contribution in [3.05, 3.63) is 30.3 Å². The smallest absolute Gasteiger partial charge is 0.410 e. The normalized spacial score (nSPS) is 26.9. The van der Waals surface area contributed by atoms with E-state index >= 15 is 0 Å². The number of likely N-dealkylation sites (tertiary alicyclic amines) is 1. The maximum Gasteiger partial charge on any atom is 0.410 e. The first-order valence-electron chi connectivity index (χ1n) is 10.3. The summed E-state index contributed by atoms with van der Waals surface area (Å²) in [4.78, 5) is 30.7. The van der Waals surface area contributed by atoms with Crippen LogP contribution in [0, 0.1) is 16.7 Å². The summed E-state index contributed by atoms with van der Waals surface area (Å²) in [5.41, 5.74) is 0.663. The number of hydrogen-bond acceptors (Lipinski definition) is 5. The number of pyridine rings is 1. The molecule has 7 heteroatoms. The first-order chi connectivity index (χ1) is 13.7. The highest BCUT2D eigenvalue weighted by Gasteiger charge is 2.87. The molecule has 2 aromatic heterocycles. The Bertz CT molecular complexity index is 950. The Morgan fingerprint density at radius 3 is 2.76 bits per heavy atom. The van der Waals surface area contributed by atoms with Gasteiger partial charge in [-0.05, 0) is 68.9 Å². The summed E-state index contributed by atoms with van der Waals surface area (Å²) in [5, 5.41) is 3.96. The third-order valence-electron chi connectivity index (χ3n) is 7.07. The van der Waals surface area contributed by atoms with Gasteiger partial charge in [-0.25, -0.2) is 4.79 Å². The predicted molar refractivity (Wildman–Crippen MR) is 106 cm³/mol. The minimum Gasteiger partial charge on any atom is -0.449 e. The summed E-state index contributed by atoms with van der Waals surface area (Å²) in [6, 6.07) is 3.59. The van der Waals surface area contributed by atoms with Crippen LogP contribution in [0.4, 0.5) is 4.79 Å². The van der Waals surface area contributed by atoms with E-state index in [1.165, 1.54) is 6.42 Å². The molecule has 1 saturated heterocycles. The van der Waals surface area contributed by atoms with Gasteiger partial charge in [-0.15, -0.1) is 0 Å². The Hall–Kier alpha value is -2.57. The number of nitrogens with one attached hydrogen (secondary N) is 1. The second-order valence-electron chi connectivity index (χ2n) is 9.74. The van der Waals surface area contributed by atoms with Crippen LogP contribution in [-0.2, 0) is 4.74 Å². The molecule has 2 aromatic rings. The molecule has 154 valence electrons. The number of carbonyl (C=O) groups excluding carboxylic acids is 2. The summed E-state index contributed by atoms with van der Waals surface area (Å²) >= 11 is 0. The van der Waals surface area contributed by atoms with Gasteiger partial charge in [0, 0.05) is 31.2 Å². The molecule has 3 aliphatic rings. The van der Waals surface area contributed by atoms with Crippen molar-refractivity contribution in [3.8, 4) is 0 Å². The molecule has 2 unspecified atom stereocenters. The molecule has 5 rings (SSSR count). The lowest BCUT2D eigenvalue weighted by Gasteiger charge is -2.38. The van der Waals surface area contributed by atoms with Crippen molar-refractivity contribution in [3.63, 3.8) is 0 Å². The number of piperidine rings is 1. The number of hydrogen-bond donors (Lipinski definition) is 1. The zero-order chi connectivity index (χ0) is 20.4. The van der Waals surface area contributed by atoms with Gasteiger partial charge in [0.2, 0.25) is 0 Å². The maximum atomic E-state index is 12.6. The van der Waals surface area contributed by atoms with E-state index in [9.17, 15) is 9.59 Å². The van der Waals surface area contributed by atoms with Crippen molar-refractivity contribution < 1.29 is 18.7 Å². The Morgan fingerprint density at radius 2 is 2.10 bits per heavy atom. The van der Waals surface area contributed by atoms with E-state index in [-0.39, 0.29) is 22.8 Å². The molecule has 7 nitrogen and oxygen atoms in total. The van der Waals surface area contributed by atoms with Crippen molar-refractivity contribution in [2.45, 2.75) is 45.6 Å². The van der Waals surface area contributed by atoms with Crippen molar-refractivity contribution in [1.29, 1.82) is 0 Å². The largest absolute Gasteiger partial charge is 0.449 e. The fourth-order valence-corrected chi connectivity index (χ4v) is 5.37. The minimum absolute atomic E-state index is 0.172. The number of aromatic nitrogens is 1. The Morgan fingerprint density at radius 1 is 1.34 bits per heavy atom. The summed E-state index contributed by atoms with van der Waals surface area (Å²) in [6.07, 6.45) is 6.24. The van der Waals surface area contributed by atoms with Crippen LogP contribution in [0.2, 0.25) is 0 Å². The monoisotopic (exact) mass is 397 g/mol. The van der Waals surface area contributed by atoms with Crippen molar-refractivity contribution >= 4 is 23.0 Å². The Balaban J connectivity index is 1.16. The van der Waals surface area contributed by atoms with E-state index in [1.54, 1.807) is 18.5 Å². The van der Waals surface area contributed by atoms with Crippen LogP contribution >= 0.6 is 0 Å². The molecule has 3 heterocycles. The van der Waals surface area contributed by atoms with E-state index in [0.717, 1.165) is 31.3 Å².